The summed E-state index contributed by atoms with van der Waals surface area (Å²) in [4.78, 5) is 14.5. The van der Waals surface area contributed by atoms with Crippen molar-refractivity contribution >= 4 is 5.91 Å². The summed E-state index contributed by atoms with van der Waals surface area (Å²) < 4.78 is 2.11. The maximum Gasteiger partial charge on any atom is 0.220 e. The Morgan fingerprint density at radius 1 is 1.12 bits per heavy atom. The van der Waals surface area contributed by atoms with Crippen molar-refractivity contribution in [3.63, 3.8) is 0 Å². The third-order valence-electron chi connectivity index (χ3n) is 5.74. The van der Waals surface area contributed by atoms with Crippen molar-refractivity contribution in [3.8, 4) is 0 Å². The summed E-state index contributed by atoms with van der Waals surface area (Å²) >= 11 is 0. The number of aromatic nitrogens is 1. The molecule has 25 heavy (non-hydrogen) atoms. The van der Waals surface area contributed by atoms with E-state index in [2.05, 4.69) is 14.8 Å². The molecule has 1 saturated heterocycles. The van der Waals surface area contributed by atoms with Crippen LogP contribution >= 0.6 is 0 Å². The predicted octanol–water partition coefficient (Wildman–Crippen LogP) is 2.54. The Morgan fingerprint density at radius 2 is 1.80 bits per heavy atom. The molecule has 0 unspecified atom stereocenters. The molecule has 1 amide bonds. The lowest BCUT2D eigenvalue weighted by molar-refractivity contribution is -0.122. The monoisotopic (exact) mass is 347 g/mol. The number of hydrogen-bond donors (Lipinski definition) is 2. The Hall–Kier alpha value is -1.33. The minimum atomic E-state index is -0.465. The molecule has 1 aliphatic heterocycles. The van der Waals surface area contributed by atoms with Crippen molar-refractivity contribution < 1.29 is 9.90 Å². The summed E-state index contributed by atoms with van der Waals surface area (Å²) in [6, 6.07) is 4.33. The number of amides is 1. The highest BCUT2D eigenvalue weighted by Gasteiger charge is 2.32. The average Bonchev–Trinajstić information content (AvgIpc) is 3.10. The van der Waals surface area contributed by atoms with Crippen molar-refractivity contribution in [2.45, 2.75) is 76.0 Å². The fourth-order valence-electron chi connectivity index (χ4n) is 4.26. The van der Waals surface area contributed by atoms with Gasteiger partial charge in [-0.1, -0.05) is 19.3 Å². The molecule has 2 N–H and O–H groups in total. The van der Waals surface area contributed by atoms with Crippen LogP contribution in [0.1, 0.15) is 57.8 Å². The Morgan fingerprint density at radius 3 is 2.48 bits per heavy atom. The van der Waals surface area contributed by atoms with E-state index in [1.54, 1.807) is 0 Å². The summed E-state index contributed by atoms with van der Waals surface area (Å²) in [5.41, 5.74) is -0.465. The van der Waals surface area contributed by atoms with Crippen molar-refractivity contribution in [2.24, 2.45) is 0 Å². The van der Waals surface area contributed by atoms with Crippen LogP contribution in [-0.2, 0) is 11.3 Å². The van der Waals surface area contributed by atoms with Gasteiger partial charge in [0.25, 0.3) is 0 Å². The number of aryl methyl sites for hydroxylation is 1. The number of nitrogens with one attached hydrogen (secondary N) is 1. The van der Waals surface area contributed by atoms with Crippen LogP contribution in [-0.4, -0.2) is 51.8 Å². The molecule has 0 spiro atoms. The number of aliphatic hydroxyl groups is 1. The van der Waals surface area contributed by atoms with Gasteiger partial charge in [-0.2, -0.15) is 0 Å². The minimum absolute atomic E-state index is 0.177. The van der Waals surface area contributed by atoms with Gasteiger partial charge in [-0.3, -0.25) is 4.79 Å². The highest BCUT2D eigenvalue weighted by molar-refractivity contribution is 5.76. The SMILES string of the molecule is O=C(CCCn1cccc1)NC1CCN(CC2(O)CCCCC2)CC1. The van der Waals surface area contributed by atoms with Crippen molar-refractivity contribution in [3.05, 3.63) is 24.5 Å². The van der Waals surface area contributed by atoms with E-state index in [0.29, 0.717) is 12.5 Å². The summed E-state index contributed by atoms with van der Waals surface area (Å²) in [6.07, 6.45) is 13.0. The number of β-amino-alcohol motifs (C(OH)–C–C–N with tert-alkyl or cyclic N) is 1. The van der Waals surface area contributed by atoms with E-state index in [9.17, 15) is 9.90 Å². The molecular formula is C20H33N3O2. The van der Waals surface area contributed by atoms with Crippen molar-refractivity contribution in [1.29, 1.82) is 0 Å². The lowest BCUT2D eigenvalue weighted by Gasteiger charge is -2.40. The van der Waals surface area contributed by atoms with Gasteiger partial charge in [0.05, 0.1) is 5.60 Å². The molecule has 0 bridgehead atoms. The van der Waals surface area contributed by atoms with E-state index in [1.165, 1.54) is 6.42 Å². The van der Waals surface area contributed by atoms with E-state index in [4.69, 9.17) is 0 Å². The average molecular weight is 348 g/mol. The largest absolute Gasteiger partial charge is 0.389 e. The first-order valence-corrected chi connectivity index (χ1v) is 9.98. The second-order valence-corrected chi connectivity index (χ2v) is 7.93. The van der Waals surface area contributed by atoms with Crippen LogP contribution in [0.25, 0.3) is 0 Å². The Bertz CT molecular complexity index is 515. The van der Waals surface area contributed by atoms with Crippen molar-refractivity contribution in [2.75, 3.05) is 19.6 Å². The molecular weight excluding hydrogens is 314 g/mol. The van der Waals surface area contributed by atoms with Gasteiger partial charge in [-0.05, 0) is 44.2 Å². The Balaban J connectivity index is 1.31. The molecule has 5 nitrogen and oxygen atoms in total. The highest BCUT2D eigenvalue weighted by Crippen LogP contribution is 2.29. The molecule has 0 radical (unpaired) electrons. The zero-order chi connectivity index (χ0) is 17.5. The van der Waals surface area contributed by atoms with Crippen LogP contribution in [0.15, 0.2) is 24.5 Å². The zero-order valence-electron chi connectivity index (χ0n) is 15.3. The fourth-order valence-corrected chi connectivity index (χ4v) is 4.26. The quantitative estimate of drug-likeness (QED) is 0.797. The molecule has 1 aromatic heterocycles. The molecule has 140 valence electrons. The van der Waals surface area contributed by atoms with E-state index in [0.717, 1.165) is 71.1 Å². The first-order valence-electron chi connectivity index (χ1n) is 9.98. The van der Waals surface area contributed by atoms with Crippen molar-refractivity contribution in [1.82, 2.24) is 14.8 Å². The van der Waals surface area contributed by atoms with Gasteiger partial charge in [-0.25, -0.2) is 0 Å². The van der Waals surface area contributed by atoms with Crippen LogP contribution < -0.4 is 5.32 Å². The minimum Gasteiger partial charge on any atom is -0.389 e. The molecule has 2 aliphatic rings. The Labute approximate surface area is 151 Å². The molecule has 3 rings (SSSR count). The van der Waals surface area contributed by atoms with Gasteiger partial charge in [0.1, 0.15) is 0 Å². The number of piperidine rings is 1. The third kappa shape index (κ3) is 5.86. The lowest BCUT2D eigenvalue weighted by Crippen LogP contribution is -2.50. The molecule has 5 heteroatoms. The number of hydrogen-bond acceptors (Lipinski definition) is 3. The maximum absolute atomic E-state index is 12.1. The lowest BCUT2D eigenvalue weighted by atomic mass is 9.84. The molecule has 1 aliphatic carbocycles. The van der Waals surface area contributed by atoms with Crippen LogP contribution in [0.4, 0.5) is 0 Å². The molecule has 2 fully saturated rings. The predicted molar refractivity (Wildman–Crippen MR) is 99.3 cm³/mol. The van der Waals surface area contributed by atoms with Gasteiger partial charge in [0.2, 0.25) is 5.91 Å². The smallest absolute Gasteiger partial charge is 0.220 e. The maximum atomic E-state index is 12.1. The summed E-state index contributed by atoms with van der Waals surface area (Å²) in [7, 11) is 0. The molecule has 0 aromatic carbocycles. The second-order valence-electron chi connectivity index (χ2n) is 7.93. The van der Waals surface area contributed by atoms with E-state index >= 15 is 0 Å². The molecule has 1 saturated carbocycles. The van der Waals surface area contributed by atoms with E-state index in [-0.39, 0.29) is 5.91 Å². The summed E-state index contributed by atoms with van der Waals surface area (Å²) in [5.74, 6) is 0.177. The van der Waals surface area contributed by atoms with E-state index in [1.807, 2.05) is 24.5 Å². The highest BCUT2D eigenvalue weighted by atomic mass is 16.3. The van der Waals surface area contributed by atoms with Gasteiger partial charge in [0, 0.05) is 51.0 Å². The second kappa shape index (κ2) is 8.86. The number of carbonyl (C=O) groups is 1. The zero-order valence-corrected chi connectivity index (χ0v) is 15.3. The van der Waals surface area contributed by atoms with Gasteiger partial charge < -0.3 is 19.9 Å². The molecule has 2 heterocycles. The van der Waals surface area contributed by atoms with Gasteiger partial charge >= 0.3 is 0 Å². The first-order chi connectivity index (χ1) is 12.1. The third-order valence-corrected chi connectivity index (χ3v) is 5.74. The van der Waals surface area contributed by atoms with Crippen LogP contribution in [0, 0.1) is 0 Å². The van der Waals surface area contributed by atoms with Crippen LogP contribution in [0.5, 0.6) is 0 Å². The standard InChI is InChI=1S/C20H33N3O2/c24-19(7-6-14-22-12-4-5-13-22)21-18-8-15-23(16-9-18)17-20(25)10-2-1-3-11-20/h4-5,12-13,18,25H,1-3,6-11,14-17H2,(H,21,24). The topological polar surface area (TPSA) is 57.5 Å². The Kier molecular flexibility index (Phi) is 6.54. The number of likely N-dealkylation sites (tertiary alicyclic amines) is 1. The normalized spacial score (nSPS) is 22.0. The number of nitrogens with zero attached hydrogens (tertiary/aromatic N) is 2. The fraction of sp³-hybridized carbons (Fsp3) is 0.750. The van der Waals surface area contributed by atoms with Crippen LogP contribution in [0.2, 0.25) is 0 Å². The summed E-state index contributed by atoms with van der Waals surface area (Å²) in [5, 5.41) is 13.9. The van der Waals surface area contributed by atoms with Gasteiger partial charge in [-0.15, -0.1) is 0 Å². The molecule has 1 aromatic rings. The molecule has 0 atom stereocenters. The number of carbonyl (C=O) groups excluding carboxylic acids is 1. The first kappa shape index (κ1) is 18.5. The summed E-state index contributed by atoms with van der Waals surface area (Å²) in [6.45, 7) is 3.68. The number of rotatable bonds is 7. The van der Waals surface area contributed by atoms with Gasteiger partial charge in [0.15, 0.2) is 0 Å². The van der Waals surface area contributed by atoms with Crippen LogP contribution in [0.3, 0.4) is 0 Å². The van der Waals surface area contributed by atoms with E-state index < -0.39 is 5.60 Å².